The van der Waals surface area contributed by atoms with Crippen molar-refractivity contribution in [2.75, 3.05) is 20.2 Å². The average Bonchev–Trinajstić information content (AvgIpc) is 2.42. The van der Waals surface area contributed by atoms with Gasteiger partial charge in [0, 0.05) is 30.2 Å². The summed E-state index contributed by atoms with van der Waals surface area (Å²) in [6, 6.07) is 5.25. The van der Waals surface area contributed by atoms with Crippen molar-refractivity contribution in [3.05, 3.63) is 33.3 Å². The van der Waals surface area contributed by atoms with E-state index in [1.165, 1.54) is 6.42 Å². The Morgan fingerprint density at radius 3 is 2.95 bits per heavy atom. The molecule has 0 aromatic heterocycles. The molecule has 2 rings (SSSR count). The molecule has 1 fully saturated rings. The highest BCUT2D eigenvalue weighted by atomic mass is 79.9. The summed E-state index contributed by atoms with van der Waals surface area (Å²) in [6.45, 7) is 1.43. The zero-order chi connectivity index (χ0) is 13.8. The van der Waals surface area contributed by atoms with Crippen LogP contribution < -0.4 is 0 Å². The molecular weight excluding hydrogens is 330 g/mol. The molecule has 0 spiro atoms. The van der Waals surface area contributed by atoms with E-state index in [4.69, 9.17) is 16.3 Å². The van der Waals surface area contributed by atoms with E-state index in [1.807, 2.05) is 0 Å². The number of hydrogen-bond acceptors (Lipinski definition) is 2. The average molecular weight is 347 g/mol. The molecule has 1 aliphatic rings. The molecule has 5 heteroatoms. The maximum atomic E-state index is 12.3. The predicted octanol–water partition coefficient (Wildman–Crippen LogP) is 3.74. The van der Waals surface area contributed by atoms with Crippen molar-refractivity contribution in [2.45, 2.75) is 25.4 Å². The van der Waals surface area contributed by atoms with E-state index in [9.17, 15) is 4.79 Å². The summed E-state index contributed by atoms with van der Waals surface area (Å²) in [5, 5.41) is 0.549. The molecule has 104 valence electrons. The molecule has 1 saturated heterocycles. The van der Waals surface area contributed by atoms with Crippen LogP contribution in [0.1, 0.15) is 29.6 Å². The molecule has 1 unspecified atom stereocenters. The number of likely N-dealkylation sites (N-methyl/N-ethyl adjacent to an activating group) is 1. The lowest BCUT2D eigenvalue weighted by Crippen LogP contribution is -2.37. The molecule has 0 bridgehead atoms. The normalized spacial score (nSPS) is 19.2. The summed E-state index contributed by atoms with van der Waals surface area (Å²) in [5.74, 6) is -0.0245. The van der Waals surface area contributed by atoms with Gasteiger partial charge in [0.2, 0.25) is 0 Å². The van der Waals surface area contributed by atoms with Crippen LogP contribution in [0.25, 0.3) is 0 Å². The minimum atomic E-state index is -0.0245. The Bertz CT molecular complexity index is 461. The number of halogens is 2. The van der Waals surface area contributed by atoms with E-state index in [0.29, 0.717) is 17.1 Å². The van der Waals surface area contributed by atoms with Gasteiger partial charge in [-0.15, -0.1) is 0 Å². The fraction of sp³-hybridized carbons (Fsp3) is 0.500. The largest absolute Gasteiger partial charge is 0.376 e. The van der Waals surface area contributed by atoms with E-state index >= 15 is 0 Å². The monoisotopic (exact) mass is 345 g/mol. The molecule has 19 heavy (non-hydrogen) atoms. The summed E-state index contributed by atoms with van der Waals surface area (Å²) in [4.78, 5) is 14.0. The van der Waals surface area contributed by atoms with Crippen molar-refractivity contribution in [3.63, 3.8) is 0 Å². The van der Waals surface area contributed by atoms with Gasteiger partial charge in [0.15, 0.2) is 0 Å². The summed E-state index contributed by atoms with van der Waals surface area (Å²) in [5.41, 5.74) is 0.603. The van der Waals surface area contributed by atoms with Crippen molar-refractivity contribution >= 4 is 33.4 Å². The number of carbonyl (C=O) groups is 1. The first-order valence-corrected chi connectivity index (χ1v) is 7.57. The van der Waals surface area contributed by atoms with Gasteiger partial charge >= 0.3 is 0 Å². The van der Waals surface area contributed by atoms with Crippen molar-refractivity contribution < 1.29 is 9.53 Å². The van der Waals surface area contributed by atoms with Gasteiger partial charge in [-0.3, -0.25) is 4.79 Å². The van der Waals surface area contributed by atoms with Crippen molar-refractivity contribution in [3.8, 4) is 0 Å². The first kappa shape index (κ1) is 14.8. The van der Waals surface area contributed by atoms with Gasteiger partial charge in [-0.2, -0.15) is 0 Å². The summed E-state index contributed by atoms with van der Waals surface area (Å²) in [7, 11) is 1.80. The first-order chi connectivity index (χ1) is 9.08. The zero-order valence-electron chi connectivity index (χ0n) is 10.9. The third kappa shape index (κ3) is 3.94. The maximum Gasteiger partial charge on any atom is 0.253 e. The smallest absolute Gasteiger partial charge is 0.253 e. The number of rotatable bonds is 3. The second-order valence-electron chi connectivity index (χ2n) is 4.80. The number of carbonyl (C=O) groups excluding carboxylic acids is 1. The Kier molecular flexibility index (Phi) is 5.25. The molecule has 1 heterocycles. The summed E-state index contributed by atoms with van der Waals surface area (Å²) < 4.78 is 6.45. The van der Waals surface area contributed by atoms with Gasteiger partial charge in [-0.1, -0.05) is 11.6 Å². The fourth-order valence-electron chi connectivity index (χ4n) is 2.19. The Morgan fingerprint density at radius 1 is 1.53 bits per heavy atom. The third-order valence-electron chi connectivity index (χ3n) is 3.26. The van der Waals surface area contributed by atoms with Crippen LogP contribution in [0, 0.1) is 0 Å². The van der Waals surface area contributed by atoms with Gasteiger partial charge in [-0.05, 0) is 53.4 Å². The highest BCUT2D eigenvalue weighted by Gasteiger charge is 2.20. The lowest BCUT2D eigenvalue weighted by atomic mass is 10.1. The number of amides is 1. The lowest BCUT2D eigenvalue weighted by molar-refractivity contribution is -0.000187. The van der Waals surface area contributed by atoms with E-state index in [2.05, 4.69) is 15.9 Å². The van der Waals surface area contributed by atoms with Gasteiger partial charge in [0.1, 0.15) is 0 Å². The van der Waals surface area contributed by atoms with Crippen molar-refractivity contribution in [1.82, 2.24) is 4.90 Å². The number of hydrogen-bond donors (Lipinski definition) is 0. The minimum Gasteiger partial charge on any atom is -0.376 e. The van der Waals surface area contributed by atoms with Gasteiger partial charge in [0.25, 0.3) is 5.91 Å². The number of benzene rings is 1. The van der Waals surface area contributed by atoms with Crippen LogP contribution >= 0.6 is 27.5 Å². The minimum absolute atomic E-state index is 0.0245. The molecule has 1 amide bonds. The topological polar surface area (TPSA) is 29.5 Å². The van der Waals surface area contributed by atoms with Crippen molar-refractivity contribution in [1.29, 1.82) is 0 Å². The molecule has 1 atom stereocenters. The number of ether oxygens (including phenoxy) is 1. The molecule has 0 saturated carbocycles. The molecular formula is C14H17BrClNO2. The Morgan fingerprint density at radius 2 is 2.32 bits per heavy atom. The highest BCUT2D eigenvalue weighted by molar-refractivity contribution is 9.10. The van der Waals surface area contributed by atoms with Crippen LogP contribution in [-0.2, 0) is 4.74 Å². The molecule has 3 nitrogen and oxygen atoms in total. The summed E-state index contributed by atoms with van der Waals surface area (Å²) in [6.07, 6.45) is 3.49. The number of nitrogens with zero attached hydrogens (tertiary/aromatic N) is 1. The van der Waals surface area contributed by atoms with E-state index in [-0.39, 0.29) is 12.0 Å². The van der Waals surface area contributed by atoms with Crippen LogP contribution in [0.5, 0.6) is 0 Å². The van der Waals surface area contributed by atoms with Crippen LogP contribution in [0.3, 0.4) is 0 Å². The van der Waals surface area contributed by atoms with Gasteiger partial charge in [0.05, 0.1) is 11.1 Å². The van der Waals surface area contributed by atoms with Gasteiger partial charge < -0.3 is 9.64 Å². The van der Waals surface area contributed by atoms with E-state index in [0.717, 1.165) is 23.9 Å². The second kappa shape index (κ2) is 6.73. The first-order valence-electron chi connectivity index (χ1n) is 6.40. The molecule has 1 aliphatic heterocycles. The molecule has 0 aliphatic carbocycles. The zero-order valence-corrected chi connectivity index (χ0v) is 13.2. The lowest BCUT2D eigenvalue weighted by Gasteiger charge is -2.27. The Balaban J connectivity index is 1.99. The molecule has 0 N–H and O–H groups in total. The Labute approximate surface area is 127 Å². The standard InChI is InChI=1S/C14H17BrClNO2/c1-17(9-11-4-2-3-7-19-11)14(18)10-5-6-12(15)13(16)8-10/h5-6,8,11H,2-4,7,9H2,1H3. The molecule has 1 aromatic rings. The van der Waals surface area contributed by atoms with Crippen LogP contribution in [0.4, 0.5) is 0 Å². The van der Waals surface area contributed by atoms with Gasteiger partial charge in [-0.25, -0.2) is 0 Å². The predicted molar refractivity (Wildman–Crippen MR) is 79.7 cm³/mol. The van der Waals surface area contributed by atoms with Crippen LogP contribution in [0.15, 0.2) is 22.7 Å². The molecule has 0 radical (unpaired) electrons. The maximum absolute atomic E-state index is 12.3. The second-order valence-corrected chi connectivity index (χ2v) is 6.06. The quantitative estimate of drug-likeness (QED) is 0.834. The Hall–Kier alpha value is -0.580. The highest BCUT2D eigenvalue weighted by Crippen LogP contribution is 2.24. The van der Waals surface area contributed by atoms with E-state index in [1.54, 1.807) is 30.1 Å². The van der Waals surface area contributed by atoms with Crippen LogP contribution in [0.2, 0.25) is 5.02 Å². The fourth-order valence-corrected chi connectivity index (χ4v) is 2.62. The van der Waals surface area contributed by atoms with E-state index < -0.39 is 0 Å². The molecule has 1 aromatic carbocycles. The SMILES string of the molecule is CN(CC1CCCCO1)C(=O)c1ccc(Br)c(Cl)c1. The van der Waals surface area contributed by atoms with Crippen LogP contribution in [-0.4, -0.2) is 37.1 Å². The third-order valence-corrected chi connectivity index (χ3v) is 4.50. The summed E-state index contributed by atoms with van der Waals surface area (Å²) >= 11 is 9.33. The van der Waals surface area contributed by atoms with Crippen molar-refractivity contribution in [2.24, 2.45) is 0 Å².